The number of nitro benzene ring substituents is 1. The van der Waals surface area contributed by atoms with Gasteiger partial charge in [-0.15, -0.1) is 11.6 Å². The van der Waals surface area contributed by atoms with E-state index < -0.39 is 34.5 Å². The van der Waals surface area contributed by atoms with E-state index in [1.165, 1.54) is 24.3 Å². The molecule has 1 saturated heterocycles. The third-order valence-electron chi connectivity index (χ3n) is 4.04. The number of alkyl carbamates (subject to hydrolysis) is 1. The predicted octanol–water partition coefficient (Wildman–Crippen LogP) is 3.27. The van der Waals surface area contributed by atoms with Crippen molar-refractivity contribution < 1.29 is 24.0 Å². The number of esters is 1. The van der Waals surface area contributed by atoms with Crippen molar-refractivity contribution in [2.45, 2.75) is 17.5 Å². The number of amides is 1. The Hall–Kier alpha value is -3.13. The van der Waals surface area contributed by atoms with Crippen LogP contribution in [0.25, 0.3) is 0 Å². The van der Waals surface area contributed by atoms with Crippen LogP contribution in [0.15, 0.2) is 54.6 Å². The molecule has 1 aliphatic rings. The molecular formula is C18H15ClN2O6. The minimum Gasteiger partial charge on any atom is -0.462 e. The standard InChI is InChI=1S/C18H15ClN2O6/c19-15(11-4-2-1-3-5-11)17(22)26-10-14-16(27-18(23)20-14)12-6-8-13(9-7-12)21(24)25/h1-9,14-16H,10H2,(H,20,23). The van der Waals surface area contributed by atoms with E-state index in [4.69, 9.17) is 21.1 Å². The first kappa shape index (κ1) is 18.7. The van der Waals surface area contributed by atoms with Crippen molar-refractivity contribution in [3.63, 3.8) is 0 Å². The summed E-state index contributed by atoms with van der Waals surface area (Å²) in [6.45, 7) is -0.151. The van der Waals surface area contributed by atoms with Crippen molar-refractivity contribution in [2.75, 3.05) is 6.61 Å². The smallest absolute Gasteiger partial charge is 0.408 e. The topological polar surface area (TPSA) is 108 Å². The zero-order chi connectivity index (χ0) is 19.4. The molecule has 0 bridgehead atoms. The second kappa shape index (κ2) is 8.05. The van der Waals surface area contributed by atoms with E-state index in [-0.39, 0.29) is 12.3 Å². The van der Waals surface area contributed by atoms with Gasteiger partial charge in [-0.05, 0) is 23.3 Å². The number of cyclic esters (lactones) is 1. The summed E-state index contributed by atoms with van der Waals surface area (Å²) in [5, 5.41) is 12.3. The molecule has 27 heavy (non-hydrogen) atoms. The third kappa shape index (κ3) is 4.35. The Balaban J connectivity index is 1.65. The Labute approximate surface area is 159 Å². The quantitative estimate of drug-likeness (QED) is 0.351. The van der Waals surface area contributed by atoms with Crippen molar-refractivity contribution in [1.29, 1.82) is 0 Å². The largest absolute Gasteiger partial charge is 0.462 e. The van der Waals surface area contributed by atoms with Crippen molar-refractivity contribution in [3.8, 4) is 0 Å². The minimum absolute atomic E-state index is 0.0770. The average Bonchev–Trinajstić information content (AvgIpc) is 3.06. The molecule has 0 aromatic heterocycles. The maximum absolute atomic E-state index is 12.2. The number of hydrogen-bond donors (Lipinski definition) is 1. The van der Waals surface area contributed by atoms with E-state index >= 15 is 0 Å². The van der Waals surface area contributed by atoms with Crippen LogP contribution in [0.1, 0.15) is 22.6 Å². The molecule has 3 rings (SSSR count). The van der Waals surface area contributed by atoms with E-state index in [0.717, 1.165) is 0 Å². The first-order valence-electron chi connectivity index (χ1n) is 8.03. The summed E-state index contributed by atoms with van der Waals surface area (Å²) in [5.74, 6) is -0.647. The second-order valence-electron chi connectivity index (χ2n) is 5.83. The number of hydrogen-bond acceptors (Lipinski definition) is 6. The molecule has 0 aliphatic carbocycles. The monoisotopic (exact) mass is 390 g/mol. The van der Waals surface area contributed by atoms with Gasteiger partial charge in [0.2, 0.25) is 0 Å². The number of carbonyl (C=O) groups is 2. The van der Waals surface area contributed by atoms with Crippen molar-refractivity contribution in [3.05, 3.63) is 75.8 Å². The Kier molecular flexibility index (Phi) is 5.56. The summed E-state index contributed by atoms with van der Waals surface area (Å²) in [5.41, 5.74) is 1.07. The fraction of sp³-hybridized carbons (Fsp3) is 0.222. The fourth-order valence-electron chi connectivity index (χ4n) is 2.68. The number of nitrogens with zero attached hydrogens (tertiary/aromatic N) is 1. The summed E-state index contributed by atoms with van der Waals surface area (Å²) in [6.07, 6.45) is -1.40. The highest BCUT2D eigenvalue weighted by Gasteiger charge is 2.37. The normalized spacial score (nSPS) is 19.7. The molecule has 1 aliphatic heterocycles. The maximum atomic E-state index is 12.2. The van der Waals surface area contributed by atoms with Gasteiger partial charge in [-0.2, -0.15) is 0 Å². The molecule has 9 heteroatoms. The van der Waals surface area contributed by atoms with Crippen LogP contribution < -0.4 is 5.32 Å². The van der Waals surface area contributed by atoms with Gasteiger partial charge in [0.15, 0.2) is 11.5 Å². The molecule has 1 heterocycles. The number of alkyl halides is 1. The van der Waals surface area contributed by atoms with Gasteiger partial charge in [0, 0.05) is 12.1 Å². The highest BCUT2D eigenvalue weighted by Crippen LogP contribution is 2.29. The number of nitrogens with one attached hydrogen (secondary N) is 1. The summed E-state index contributed by atoms with van der Waals surface area (Å²) < 4.78 is 10.4. The minimum atomic E-state index is -0.970. The third-order valence-corrected chi connectivity index (χ3v) is 4.47. The predicted molar refractivity (Wildman–Crippen MR) is 95.2 cm³/mol. The van der Waals surface area contributed by atoms with Crippen LogP contribution in [0.2, 0.25) is 0 Å². The number of benzene rings is 2. The van der Waals surface area contributed by atoms with Crippen molar-refractivity contribution in [1.82, 2.24) is 5.32 Å². The first-order valence-corrected chi connectivity index (χ1v) is 8.46. The molecule has 1 N–H and O–H groups in total. The molecule has 3 atom stereocenters. The lowest BCUT2D eigenvalue weighted by atomic mass is 10.0. The molecule has 140 valence electrons. The van der Waals surface area contributed by atoms with Crippen LogP contribution in [0, 0.1) is 10.1 Å². The van der Waals surface area contributed by atoms with Gasteiger partial charge in [0.1, 0.15) is 12.6 Å². The highest BCUT2D eigenvalue weighted by atomic mass is 35.5. The van der Waals surface area contributed by atoms with Gasteiger partial charge in [0.25, 0.3) is 5.69 Å². The Morgan fingerprint density at radius 3 is 2.52 bits per heavy atom. The zero-order valence-electron chi connectivity index (χ0n) is 13.9. The van der Waals surface area contributed by atoms with Gasteiger partial charge >= 0.3 is 12.1 Å². The molecule has 2 aromatic rings. The van der Waals surface area contributed by atoms with Crippen LogP contribution in [-0.4, -0.2) is 29.6 Å². The highest BCUT2D eigenvalue weighted by molar-refractivity contribution is 6.29. The number of halogens is 1. The lowest BCUT2D eigenvalue weighted by Gasteiger charge is -2.18. The summed E-state index contributed by atoms with van der Waals surface area (Å²) in [4.78, 5) is 34.0. The van der Waals surface area contributed by atoms with Gasteiger partial charge in [-0.25, -0.2) is 4.79 Å². The van der Waals surface area contributed by atoms with Gasteiger partial charge in [0.05, 0.1) is 4.92 Å². The van der Waals surface area contributed by atoms with Gasteiger partial charge in [-0.1, -0.05) is 30.3 Å². The Morgan fingerprint density at radius 2 is 1.89 bits per heavy atom. The van der Waals surface area contributed by atoms with Gasteiger partial charge < -0.3 is 14.8 Å². The van der Waals surface area contributed by atoms with Crippen molar-refractivity contribution >= 4 is 29.4 Å². The van der Waals surface area contributed by atoms with Crippen molar-refractivity contribution in [2.24, 2.45) is 0 Å². The van der Waals surface area contributed by atoms with E-state index in [0.29, 0.717) is 11.1 Å². The summed E-state index contributed by atoms with van der Waals surface area (Å²) in [6, 6.07) is 13.7. The number of nitro groups is 1. The lowest BCUT2D eigenvalue weighted by molar-refractivity contribution is -0.384. The number of non-ortho nitro benzene ring substituents is 1. The van der Waals surface area contributed by atoms with Crippen LogP contribution in [0.3, 0.4) is 0 Å². The molecule has 1 fully saturated rings. The molecule has 0 radical (unpaired) electrons. The molecule has 2 aromatic carbocycles. The number of carbonyl (C=O) groups excluding carboxylic acids is 2. The van der Waals surface area contributed by atoms with Crippen LogP contribution in [-0.2, 0) is 14.3 Å². The molecule has 8 nitrogen and oxygen atoms in total. The SMILES string of the molecule is O=C1NC(COC(=O)C(Cl)c2ccccc2)C(c2ccc([N+](=O)[O-])cc2)O1. The fourth-order valence-corrected chi connectivity index (χ4v) is 2.89. The number of rotatable bonds is 6. The van der Waals surface area contributed by atoms with E-state index in [9.17, 15) is 19.7 Å². The second-order valence-corrected chi connectivity index (χ2v) is 6.27. The van der Waals surface area contributed by atoms with Crippen LogP contribution in [0.4, 0.5) is 10.5 Å². The van der Waals surface area contributed by atoms with Crippen LogP contribution >= 0.6 is 11.6 Å². The summed E-state index contributed by atoms with van der Waals surface area (Å²) >= 11 is 6.11. The maximum Gasteiger partial charge on any atom is 0.408 e. The van der Waals surface area contributed by atoms with E-state index in [2.05, 4.69) is 5.32 Å². The molecule has 0 spiro atoms. The molecular weight excluding hydrogens is 376 g/mol. The van der Waals surface area contributed by atoms with E-state index in [1.54, 1.807) is 30.3 Å². The molecule has 0 saturated carbocycles. The number of ether oxygens (including phenoxy) is 2. The Bertz CT molecular complexity index is 843. The molecule has 1 amide bonds. The van der Waals surface area contributed by atoms with E-state index in [1.807, 2.05) is 0 Å². The van der Waals surface area contributed by atoms with Crippen LogP contribution in [0.5, 0.6) is 0 Å². The van der Waals surface area contributed by atoms with Gasteiger partial charge in [-0.3, -0.25) is 14.9 Å². The molecule has 3 unspecified atom stereocenters. The lowest BCUT2D eigenvalue weighted by Crippen LogP contribution is -2.34. The zero-order valence-corrected chi connectivity index (χ0v) is 14.7. The first-order chi connectivity index (χ1) is 13.0. The Morgan fingerprint density at radius 1 is 1.22 bits per heavy atom. The average molecular weight is 391 g/mol. The summed E-state index contributed by atoms with van der Waals surface area (Å²) in [7, 11) is 0.